The smallest absolute Gasteiger partial charge is 0.0277 e. The summed E-state index contributed by atoms with van der Waals surface area (Å²) in [6.07, 6.45) is 4.96. The van der Waals surface area contributed by atoms with Gasteiger partial charge in [-0.2, -0.15) is 0 Å². The number of hydrogen-bond donors (Lipinski definition) is 0. The molecule has 0 saturated carbocycles. The third kappa shape index (κ3) is 2.84. The van der Waals surface area contributed by atoms with Crippen LogP contribution in [0.2, 0.25) is 0 Å². The predicted octanol–water partition coefficient (Wildman–Crippen LogP) is 3.49. The van der Waals surface area contributed by atoms with E-state index in [4.69, 9.17) is 0 Å². The zero-order valence-electron chi connectivity index (χ0n) is 9.12. The van der Waals surface area contributed by atoms with Crippen LogP contribution in [-0.4, -0.2) is 13.3 Å². The summed E-state index contributed by atoms with van der Waals surface area (Å²) in [5.41, 5.74) is 3.92. The van der Waals surface area contributed by atoms with Crippen LogP contribution in [0.5, 0.6) is 0 Å². The number of aryl methyl sites for hydroxylation is 1. The minimum absolute atomic E-state index is 1.04. The van der Waals surface area contributed by atoms with Crippen molar-refractivity contribution in [1.82, 2.24) is 0 Å². The molecule has 0 unspecified atom stereocenters. The Morgan fingerprint density at radius 3 is 2.43 bits per heavy atom. The van der Waals surface area contributed by atoms with Crippen molar-refractivity contribution in [2.24, 2.45) is 4.99 Å². The summed E-state index contributed by atoms with van der Waals surface area (Å²) in [5.74, 6) is 0. The third-order valence-corrected chi connectivity index (χ3v) is 2.23. The van der Waals surface area contributed by atoms with Crippen molar-refractivity contribution in [3.05, 3.63) is 41.5 Å². The van der Waals surface area contributed by atoms with E-state index in [1.165, 1.54) is 16.7 Å². The molecule has 0 saturated heterocycles. The van der Waals surface area contributed by atoms with Gasteiger partial charge in [-0.3, -0.25) is 4.99 Å². The Hall–Kier alpha value is -1.37. The quantitative estimate of drug-likeness (QED) is 0.642. The topological polar surface area (TPSA) is 12.4 Å². The number of aliphatic imine (C=N–C) groups is 1. The van der Waals surface area contributed by atoms with Crippen LogP contribution >= 0.6 is 0 Å². The van der Waals surface area contributed by atoms with Crippen LogP contribution in [-0.2, 0) is 0 Å². The molecule has 0 aromatic heterocycles. The molecule has 14 heavy (non-hydrogen) atoms. The molecule has 1 aromatic carbocycles. The van der Waals surface area contributed by atoms with Crippen LogP contribution in [0, 0.1) is 6.92 Å². The van der Waals surface area contributed by atoms with Gasteiger partial charge in [-0.1, -0.05) is 36.8 Å². The summed E-state index contributed by atoms with van der Waals surface area (Å²) >= 11 is 0. The van der Waals surface area contributed by atoms with Crippen LogP contribution < -0.4 is 0 Å². The van der Waals surface area contributed by atoms with E-state index in [1.54, 1.807) is 7.05 Å². The number of rotatable bonds is 3. The van der Waals surface area contributed by atoms with Crippen LogP contribution in [0.1, 0.15) is 24.5 Å². The van der Waals surface area contributed by atoms with E-state index in [0.29, 0.717) is 0 Å². The van der Waals surface area contributed by atoms with E-state index < -0.39 is 0 Å². The molecule has 0 aliphatic heterocycles. The molecule has 0 radical (unpaired) electrons. The molecule has 0 atom stereocenters. The molecule has 0 aliphatic rings. The Kier molecular flexibility index (Phi) is 4.11. The van der Waals surface area contributed by atoms with Crippen LogP contribution in [0.4, 0.5) is 0 Å². The Balaban J connectivity index is 2.95. The highest BCUT2D eigenvalue weighted by Crippen LogP contribution is 2.17. The lowest BCUT2D eigenvalue weighted by Crippen LogP contribution is -1.84. The fourth-order valence-corrected chi connectivity index (χ4v) is 1.35. The fourth-order valence-electron chi connectivity index (χ4n) is 1.35. The van der Waals surface area contributed by atoms with Gasteiger partial charge < -0.3 is 0 Å². The highest BCUT2D eigenvalue weighted by atomic mass is 14.6. The first kappa shape index (κ1) is 10.7. The third-order valence-electron chi connectivity index (χ3n) is 2.23. The van der Waals surface area contributed by atoms with Gasteiger partial charge in [0.1, 0.15) is 0 Å². The van der Waals surface area contributed by atoms with E-state index in [1.807, 2.05) is 6.21 Å². The molecule has 0 amide bonds. The predicted molar refractivity (Wildman–Crippen MR) is 63.9 cm³/mol. The molecule has 0 fully saturated rings. The monoisotopic (exact) mass is 187 g/mol. The van der Waals surface area contributed by atoms with Gasteiger partial charge >= 0.3 is 0 Å². The van der Waals surface area contributed by atoms with Crippen LogP contribution in [0.3, 0.4) is 0 Å². The van der Waals surface area contributed by atoms with Crippen LogP contribution in [0.15, 0.2) is 35.3 Å². The van der Waals surface area contributed by atoms with E-state index in [-0.39, 0.29) is 0 Å². The summed E-state index contributed by atoms with van der Waals surface area (Å²) in [6, 6.07) is 8.60. The Bertz CT molecular complexity index is 331. The van der Waals surface area contributed by atoms with Crippen molar-refractivity contribution in [1.29, 1.82) is 0 Å². The lowest BCUT2D eigenvalue weighted by molar-refractivity contribution is 1.24. The van der Waals surface area contributed by atoms with Crippen molar-refractivity contribution < 1.29 is 0 Å². The van der Waals surface area contributed by atoms with Gasteiger partial charge in [0.25, 0.3) is 0 Å². The lowest BCUT2D eigenvalue weighted by atomic mass is 10.0. The average Bonchev–Trinajstić information content (AvgIpc) is 2.21. The number of hydrogen-bond acceptors (Lipinski definition) is 1. The molecule has 1 heteroatoms. The van der Waals surface area contributed by atoms with Gasteiger partial charge in [0.15, 0.2) is 0 Å². The van der Waals surface area contributed by atoms with E-state index in [0.717, 1.165) is 6.42 Å². The molecule has 74 valence electrons. The first-order valence-corrected chi connectivity index (χ1v) is 4.96. The Morgan fingerprint density at radius 2 is 1.93 bits per heavy atom. The zero-order valence-corrected chi connectivity index (χ0v) is 9.12. The maximum absolute atomic E-state index is 3.97. The van der Waals surface area contributed by atoms with Gasteiger partial charge in [0, 0.05) is 13.3 Å². The summed E-state index contributed by atoms with van der Waals surface area (Å²) in [5, 5.41) is 0. The SMILES string of the molecule is CC/C(=C\C=NC)c1ccc(C)cc1. The molecule has 0 aliphatic carbocycles. The highest BCUT2D eigenvalue weighted by molar-refractivity contribution is 5.84. The van der Waals surface area contributed by atoms with Crippen molar-refractivity contribution in [3.8, 4) is 0 Å². The molecular formula is C13H17N. The molecule has 0 N–H and O–H groups in total. The average molecular weight is 187 g/mol. The fraction of sp³-hybridized carbons (Fsp3) is 0.308. The minimum atomic E-state index is 1.04. The second-order valence-corrected chi connectivity index (χ2v) is 3.32. The number of benzene rings is 1. The van der Waals surface area contributed by atoms with Gasteiger partial charge in [0.2, 0.25) is 0 Å². The Morgan fingerprint density at radius 1 is 1.29 bits per heavy atom. The Labute approximate surface area is 86.2 Å². The molecule has 0 heterocycles. The lowest BCUT2D eigenvalue weighted by Gasteiger charge is -2.03. The number of nitrogens with zero attached hydrogens (tertiary/aromatic N) is 1. The van der Waals surface area contributed by atoms with Gasteiger partial charge in [-0.15, -0.1) is 0 Å². The molecule has 1 aromatic rings. The second-order valence-electron chi connectivity index (χ2n) is 3.32. The standard InChI is InChI=1S/C13H17N/c1-4-12(9-10-14-3)13-7-5-11(2)6-8-13/h5-10H,4H2,1-3H3/b12-9+,14-10?. The normalized spacial score (nSPS) is 12.4. The highest BCUT2D eigenvalue weighted by Gasteiger charge is 1.96. The maximum Gasteiger partial charge on any atom is 0.0277 e. The molecule has 1 rings (SSSR count). The van der Waals surface area contributed by atoms with Gasteiger partial charge in [-0.25, -0.2) is 0 Å². The first-order valence-electron chi connectivity index (χ1n) is 4.96. The van der Waals surface area contributed by atoms with E-state index in [2.05, 4.69) is 49.2 Å². The zero-order chi connectivity index (χ0) is 10.4. The largest absolute Gasteiger partial charge is 0.297 e. The van der Waals surface area contributed by atoms with Gasteiger partial charge in [0.05, 0.1) is 0 Å². The van der Waals surface area contributed by atoms with Crippen molar-refractivity contribution in [2.75, 3.05) is 7.05 Å². The van der Waals surface area contributed by atoms with E-state index >= 15 is 0 Å². The molecule has 1 nitrogen and oxygen atoms in total. The minimum Gasteiger partial charge on any atom is -0.297 e. The second kappa shape index (κ2) is 5.38. The van der Waals surface area contributed by atoms with Crippen LogP contribution in [0.25, 0.3) is 5.57 Å². The van der Waals surface area contributed by atoms with Gasteiger partial charge in [-0.05, 0) is 30.6 Å². The summed E-state index contributed by atoms with van der Waals surface area (Å²) in [6.45, 7) is 4.27. The maximum atomic E-state index is 3.97. The van der Waals surface area contributed by atoms with Crippen molar-refractivity contribution in [3.63, 3.8) is 0 Å². The summed E-state index contributed by atoms with van der Waals surface area (Å²) in [4.78, 5) is 3.97. The summed E-state index contributed by atoms with van der Waals surface area (Å²) in [7, 11) is 1.79. The summed E-state index contributed by atoms with van der Waals surface area (Å²) < 4.78 is 0. The van der Waals surface area contributed by atoms with Crippen molar-refractivity contribution in [2.45, 2.75) is 20.3 Å². The molecule has 0 spiro atoms. The van der Waals surface area contributed by atoms with E-state index in [9.17, 15) is 0 Å². The van der Waals surface area contributed by atoms with Crippen molar-refractivity contribution >= 4 is 11.8 Å². The molecule has 0 bridgehead atoms. The number of allylic oxidation sites excluding steroid dienone is 2. The molecular weight excluding hydrogens is 170 g/mol. The first-order chi connectivity index (χ1) is 6.77.